The molecule has 0 spiro atoms. The predicted molar refractivity (Wildman–Crippen MR) is 88.0 cm³/mol. The van der Waals surface area contributed by atoms with Crippen molar-refractivity contribution in [1.82, 2.24) is 0 Å². The Morgan fingerprint density at radius 3 is 2.27 bits per heavy atom. The summed E-state index contributed by atoms with van der Waals surface area (Å²) < 4.78 is 0. The van der Waals surface area contributed by atoms with E-state index in [0.29, 0.717) is 0 Å². The molecule has 4 heteroatoms. The van der Waals surface area contributed by atoms with Crippen LogP contribution in [-0.4, -0.2) is 4.92 Å². The van der Waals surface area contributed by atoms with Crippen molar-refractivity contribution in [3.63, 3.8) is 0 Å². The third kappa shape index (κ3) is 2.06. The van der Waals surface area contributed by atoms with Gasteiger partial charge in [0.25, 0.3) is 5.69 Å². The van der Waals surface area contributed by atoms with E-state index in [-0.39, 0.29) is 21.4 Å². The summed E-state index contributed by atoms with van der Waals surface area (Å²) >= 11 is 0. The normalized spacial score (nSPS) is 22.3. The first kappa shape index (κ1) is 14.6. The van der Waals surface area contributed by atoms with Gasteiger partial charge in [-0.15, -0.1) is 0 Å². The zero-order chi connectivity index (χ0) is 16.1. The predicted octanol–water partition coefficient (Wildman–Crippen LogP) is 4.16. The second-order valence-corrected chi connectivity index (χ2v) is 7.00. The molecule has 0 aromatic heterocycles. The zero-order valence-electron chi connectivity index (χ0n) is 13.1. The lowest BCUT2D eigenvalue weighted by molar-refractivity contribution is -0.384. The highest BCUT2D eigenvalue weighted by Gasteiger charge is 2.46. The maximum absolute atomic E-state index is 11.1. The van der Waals surface area contributed by atoms with Crippen LogP contribution < -0.4 is 5.73 Å². The minimum atomic E-state index is -0.324. The number of hydrogen-bond acceptors (Lipinski definition) is 3. The number of rotatable bonds is 2. The van der Waals surface area contributed by atoms with E-state index in [4.69, 9.17) is 5.73 Å². The van der Waals surface area contributed by atoms with E-state index in [1.165, 1.54) is 5.56 Å². The molecule has 1 unspecified atom stereocenters. The average molecular weight is 296 g/mol. The van der Waals surface area contributed by atoms with E-state index in [2.05, 4.69) is 20.8 Å². The molecule has 22 heavy (non-hydrogen) atoms. The first-order valence-corrected chi connectivity index (χ1v) is 7.39. The van der Waals surface area contributed by atoms with E-state index in [1.807, 2.05) is 30.3 Å². The topological polar surface area (TPSA) is 69.2 Å². The van der Waals surface area contributed by atoms with Crippen LogP contribution in [0.15, 0.2) is 42.5 Å². The number of nitrogens with zero attached hydrogens (tertiary/aromatic N) is 1. The van der Waals surface area contributed by atoms with Crippen LogP contribution in [0.2, 0.25) is 0 Å². The lowest BCUT2D eigenvalue weighted by atomic mass is 9.75. The van der Waals surface area contributed by atoms with Gasteiger partial charge in [0.15, 0.2) is 0 Å². The highest BCUT2D eigenvalue weighted by atomic mass is 16.6. The average Bonchev–Trinajstić information content (AvgIpc) is 2.67. The van der Waals surface area contributed by atoms with Gasteiger partial charge in [-0.3, -0.25) is 10.1 Å². The van der Waals surface area contributed by atoms with Gasteiger partial charge in [0.2, 0.25) is 0 Å². The van der Waals surface area contributed by atoms with E-state index in [1.54, 1.807) is 12.1 Å². The number of non-ortho nitro benzene ring substituents is 1. The molecular weight excluding hydrogens is 276 g/mol. The Hall–Kier alpha value is -2.36. The number of nitrogen functional groups attached to an aromatic ring is 1. The quantitative estimate of drug-likeness (QED) is 0.514. The summed E-state index contributed by atoms with van der Waals surface area (Å²) in [7, 11) is 0. The monoisotopic (exact) mass is 296 g/mol. The van der Waals surface area contributed by atoms with E-state index in [9.17, 15) is 10.1 Å². The smallest absolute Gasteiger partial charge is 0.269 e. The molecule has 2 aromatic rings. The fraction of sp³-hybridized carbons (Fsp3) is 0.333. The molecule has 2 N–H and O–H groups in total. The summed E-state index contributed by atoms with van der Waals surface area (Å²) in [6, 6.07) is 13.1. The van der Waals surface area contributed by atoms with Crippen molar-refractivity contribution < 1.29 is 4.92 Å². The summed E-state index contributed by atoms with van der Waals surface area (Å²) in [5.41, 5.74) is 9.81. The highest BCUT2D eigenvalue weighted by Crippen LogP contribution is 2.53. The van der Waals surface area contributed by atoms with Gasteiger partial charge >= 0.3 is 0 Å². The van der Waals surface area contributed by atoms with Crippen molar-refractivity contribution in [2.24, 2.45) is 0 Å². The van der Waals surface area contributed by atoms with Gasteiger partial charge in [-0.1, -0.05) is 39.0 Å². The van der Waals surface area contributed by atoms with Crippen LogP contribution >= 0.6 is 0 Å². The van der Waals surface area contributed by atoms with Gasteiger partial charge in [0.05, 0.1) is 4.92 Å². The van der Waals surface area contributed by atoms with Gasteiger partial charge in [0.1, 0.15) is 0 Å². The molecule has 0 saturated carbocycles. The lowest BCUT2D eigenvalue weighted by Crippen LogP contribution is -2.23. The number of fused-ring (bicyclic) bond motifs is 1. The van der Waals surface area contributed by atoms with Crippen LogP contribution in [0, 0.1) is 10.1 Å². The number of nitro groups is 1. The maximum atomic E-state index is 11.1. The molecule has 2 aromatic carbocycles. The fourth-order valence-electron chi connectivity index (χ4n) is 3.88. The number of nitro benzene ring substituents is 1. The minimum absolute atomic E-state index is 0.0133. The molecule has 0 fully saturated rings. The van der Waals surface area contributed by atoms with Crippen LogP contribution in [0.1, 0.15) is 43.9 Å². The van der Waals surface area contributed by atoms with E-state index in [0.717, 1.165) is 23.2 Å². The standard InChI is InChI=1S/C18H20N2O2/c1-17(2)11-18(3,12-4-6-13(19)7-5-12)16-10-14(20(21)22)8-9-15(16)17/h4-10H,11,19H2,1-3H3. The molecule has 1 atom stereocenters. The Morgan fingerprint density at radius 1 is 1.05 bits per heavy atom. The van der Waals surface area contributed by atoms with Crippen molar-refractivity contribution in [1.29, 1.82) is 0 Å². The van der Waals surface area contributed by atoms with Gasteiger partial charge < -0.3 is 5.73 Å². The van der Waals surface area contributed by atoms with Crippen molar-refractivity contribution in [2.45, 2.75) is 38.0 Å². The molecular formula is C18H20N2O2. The molecule has 0 aliphatic heterocycles. The van der Waals surface area contributed by atoms with Crippen molar-refractivity contribution in [2.75, 3.05) is 5.73 Å². The third-order valence-corrected chi connectivity index (χ3v) is 4.88. The Morgan fingerprint density at radius 2 is 1.68 bits per heavy atom. The van der Waals surface area contributed by atoms with Gasteiger partial charge in [0, 0.05) is 23.2 Å². The highest BCUT2D eigenvalue weighted by molar-refractivity contribution is 5.56. The fourth-order valence-corrected chi connectivity index (χ4v) is 3.88. The number of anilines is 1. The van der Waals surface area contributed by atoms with Gasteiger partial charge in [-0.05, 0) is 40.7 Å². The number of benzene rings is 2. The summed E-state index contributed by atoms with van der Waals surface area (Å²) in [6.07, 6.45) is 0.917. The molecule has 0 heterocycles. The zero-order valence-corrected chi connectivity index (χ0v) is 13.1. The summed E-state index contributed by atoms with van der Waals surface area (Å²) in [5.74, 6) is 0. The van der Waals surface area contributed by atoms with Crippen molar-refractivity contribution >= 4 is 11.4 Å². The summed E-state index contributed by atoms with van der Waals surface area (Å²) in [5, 5.41) is 11.1. The molecule has 4 nitrogen and oxygen atoms in total. The molecule has 114 valence electrons. The molecule has 0 saturated heterocycles. The van der Waals surface area contributed by atoms with Crippen LogP contribution in [0.5, 0.6) is 0 Å². The Balaban J connectivity index is 2.22. The van der Waals surface area contributed by atoms with Crippen molar-refractivity contribution in [3.05, 3.63) is 69.3 Å². The summed E-state index contributed by atoms with van der Waals surface area (Å²) in [6.45, 7) is 6.55. The van der Waals surface area contributed by atoms with Crippen LogP contribution in [-0.2, 0) is 10.8 Å². The number of nitrogens with two attached hydrogens (primary N) is 1. The molecule has 3 rings (SSSR count). The largest absolute Gasteiger partial charge is 0.399 e. The number of hydrogen-bond donors (Lipinski definition) is 1. The van der Waals surface area contributed by atoms with Crippen LogP contribution in [0.4, 0.5) is 11.4 Å². The molecule has 0 radical (unpaired) electrons. The van der Waals surface area contributed by atoms with Gasteiger partial charge in [-0.25, -0.2) is 0 Å². The van der Waals surface area contributed by atoms with Crippen LogP contribution in [0.25, 0.3) is 0 Å². The summed E-state index contributed by atoms with van der Waals surface area (Å²) in [4.78, 5) is 10.8. The van der Waals surface area contributed by atoms with E-state index < -0.39 is 0 Å². The van der Waals surface area contributed by atoms with Crippen molar-refractivity contribution in [3.8, 4) is 0 Å². The SMILES string of the molecule is CC1(C)CC(C)(c2ccc(N)cc2)c2cc([N+](=O)[O-])ccc21. The minimum Gasteiger partial charge on any atom is -0.399 e. The van der Waals surface area contributed by atoms with Gasteiger partial charge in [-0.2, -0.15) is 0 Å². The first-order valence-electron chi connectivity index (χ1n) is 7.39. The Labute approximate surface area is 130 Å². The van der Waals surface area contributed by atoms with E-state index >= 15 is 0 Å². The lowest BCUT2D eigenvalue weighted by Gasteiger charge is -2.28. The first-order chi connectivity index (χ1) is 10.2. The molecule has 1 aliphatic carbocycles. The second-order valence-electron chi connectivity index (χ2n) is 7.00. The Bertz CT molecular complexity index is 750. The Kier molecular flexibility index (Phi) is 3.02. The second kappa shape index (κ2) is 4.57. The molecule has 0 amide bonds. The molecule has 0 bridgehead atoms. The molecule has 1 aliphatic rings. The maximum Gasteiger partial charge on any atom is 0.269 e. The van der Waals surface area contributed by atoms with Crippen LogP contribution in [0.3, 0.4) is 0 Å². The third-order valence-electron chi connectivity index (χ3n) is 4.88.